The third-order valence-electron chi connectivity index (χ3n) is 6.24. The fraction of sp³-hybridized carbons (Fsp3) is 0.333. The molecule has 9 nitrogen and oxygen atoms in total. The molecule has 0 amide bonds. The standard InChI is InChI=1S/C24H24ClN7O2/c1-14-5-22(29-15(2)28-14)30-23-7-18-6-16(3-4-32(18)31-23)19-8-21(25)26-10-20(19)33-13-24-9-17(11-34-24)27-12-24/h3-8,10,17,27H,9,11-13H2,1-2H3,(H,28,29,30,31)/t17-,24-/m0/s1. The van der Waals surface area contributed by atoms with Crippen molar-refractivity contribution in [2.75, 3.05) is 25.1 Å². The predicted molar refractivity (Wildman–Crippen MR) is 129 cm³/mol. The van der Waals surface area contributed by atoms with Crippen molar-refractivity contribution in [3.05, 3.63) is 59.4 Å². The van der Waals surface area contributed by atoms with Gasteiger partial charge in [-0.05, 0) is 44.0 Å². The van der Waals surface area contributed by atoms with E-state index in [0.717, 1.165) is 41.9 Å². The molecule has 0 unspecified atom stereocenters. The van der Waals surface area contributed by atoms with Gasteiger partial charge in [-0.2, -0.15) is 5.10 Å². The van der Waals surface area contributed by atoms with E-state index in [4.69, 9.17) is 21.1 Å². The van der Waals surface area contributed by atoms with Gasteiger partial charge in [0.2, 0.25) is 0 Å². The van der Waals surface area contributed by atoms with Gasteiger partial charge in [-0.25, -0.2) is 19.5 Å². The lowest BCUT2D eigenvalue weighted by molar-refractivity contribution is -0.0363. The Bertz CT molecular complexity index is 1360. The normalized spacial score (nSPS) is 21.3. The van der Waals surface area contributed by atoms with Crippen molar-refractivity contribution in [3.63, 3.8) is 0 Å². The van der Waals surface area contributed by atoms with Crippen molar-refractivity contribution in [2.24, 2.45) is 0 Å². The zero-order valence-electron chi connectivity index (χ0n) is 18.9. The van der Waals surface area contributed by atoms with E-state index in [1.54, 1.807) is 6.20 Å². The monoisotopic (exact) mass is 477 g/mol. The number of ether oxygens (including phenoxy) is 2. The number of aromatic nitrogens is 5. The van der Waals surface area contributed by atoms with Crippen LogP contribution in [-0.4, -0.2) is 56.0 Å². The number of rotatable bonds is 6. The Hall–Kier alpha value is -3.27. The van der Waals surface area contributed by atoms with Crippen LogP contribution in [0.2, 0.25) is 5.15 Å². The van der Waals surface area contributed by atoms with Crippen LogP contribution < -0.4 is 15.4 Å². The fourth-order valence-corrected chi connectivity index (χ4v) is 4.84. The summed E-state index contributed by atoms with van der Waals surface area (Å²) < 4.78 is 14.0. The quantitative estimate of drug-likeness (QED) is 0.405. The van der Waals surface area contributed by atoms with Crippen LogP contribution >= 0.6 is 11.6 Å². The van der Waals surface area contributed by atoms with Gasteiger partial charge in [-0.15, -0.1) is 0 Å². The first-order valence-corrected chi connectivity index (χ1v) is 11.6. The lowest BCUT2D eigenvalue weighted by Gasteiger charge is -2.27. The van der Waals surface area contributed by atoms with Crippen LogP contribution in [0, 0.1) is 13.8 Å². The van der Waals surface area contributed by atoms with Crippen LogP contribution in [0.1, 0.15) is 17.9 Å². The van der Waals surface area contributed by atoms with E-state index in [0.29, 0.717) is 41.0 Å². The van der Waals surface area contributed by atoms with Crippen molar-refractivity contribution in [1.29, 1.82) is 0 Å². The van der Waals surface area contributed by atoms with Gasteiger partial charge in [0.1, 0.15) is 34.8 Å². The van der Waals surface area contributed by atoms with Gasteiger partial charge < -0.3 is 20.1 Å². The maximum absolute atomic E-state index is 6.25. The summed E-state index contributed by atoms with van der Waals surface area (Å²) in [5.41, 5.74) is 3.38. The molecule has 2 N–H and O–H groups in total. The van der Waals surface area contributed by atoms with Gasteiger partial charge in [0.25, 0.3) is 0 Å². The van der Waals surface area contributed by atoms with Crippen molar-refractivity contribution < 1.29 is 9.47 Å². The number of nitrogens with one attached hydrogen (secondary N) is 2. The molecule has 0 radical (unpaired) electrons. The van der Waals surface area contributed by atoms with Crippen LogP contribution in [0.3, 0.4) is 0 Å². The maximum atomic E-state index is 6.25. The second-order valence-electron chi connectivity index (χ2n) is 8.95. The molecular weight excluding hydrogens is 454 g/mol. The second kappa shape index (κ2) is 8.19. The average molecular weight is 478 g/mol. The first-order chi connectivity index (χ1) is 16.4. The predicted octanol–water partition coefficient (Wildman–Crippen LogP) is 3.71. The van der Waals surface area contributed by atoms with Gasteiger partial charge in [0, 0.05) is 42.2 Å². The van der Waals surface area contributed by atoms with E-state index < -0.39 is 0 Å². The van der Waals surface area contributed by atoms with E-state index in [1.165, 1.54) is 0 Å². The van der Waals surface area contributed by atoms with Gasteiger partial charge in [0.15, 0.2) is 5.82 Å². The maximum Gasteiger partial charge on any atom is 0.154 e. The Labute approximate surface area is 201 Å². The molecule has 6 heterocycles. The molecule has 0 aliphatic carbocycles. The Balaban J connectivity index is 1.28. The molecule has 2 atom stereocenters. The van der Waals surface area contributed by atoms with Gasteiger partial charge in [-0.3, -0.25) is 0 Å². The number of fused-ring (bicyclic) bond motifs is 3. The van der Waals surface area contributed by atoms with E-state index in [1.807, 2.05) is 54.9 Å². The van der Waals surface area contributed by atoms with E-state index >= 15 is 0 Å². The number of morpholine rings is 1. The molecular formula is C24H24ClN7O2. The minimum Gasteiger partial charge on any atom is -0.488 e. The molecule has 2 aliphatic heterocycles. The SMILES string of the molecule is Cc1cc(Nc2cc3cc(-c4cc(Cl)ncc4OC[C@]45CN[C@H](CO4)C5)ccn3n2)nc(C)n1. The summed E-state index contributed by atoms with van der Waals surface area (Å²) in [4.78, 5) is 13.0. The minimum absolute atomic E-state index is 0.269. The molecule has 4 aromatic rings. The van der Waals surface area contributed by atoms with Crippen molar-refractivity contribution in [1.82, 2.24) is 29.9 Å². The third kappa shape index (κ3) is 4.06. The number of aryl methyl sites for hydroxylation is 2. The number of anilines is 2. The first-order valence-electron chi connectivity index (χ1n) is 11.2. The highest BCUT2D eigenvalue weighted by Gasteiger charge is 2.47. The summed E-state index contributed by atoms with van der Waals surface area (Å²) in [6, 6.07) is 10.1. The summed E-state index contributed by atoms with van der Waals surface area (Å²) in [7, 11) is 0. The Morgan fingerprint density at radius 3 is 2.91 bits per heavy atom. The molecule has 10 heteroatoms. The summed E-state index contributed by atoms with van der Waals surface area (Å²) in [6.45, 7) is 5.81. The second-order valence-corrected chi connectivity index (χ2v) is 9.34. The molecule has 174 valence electrons. The van der Waals surface area contributed by atoms with Crippen LogP contribution in [0.25, 0.3) is 16.6 Å². The average Bonchev–Trinajstić information content (AvgIpc) is 3.51. The Morgan fingerprint density at radius 2 is 2.15 bits per heavy atom. The first kappa shape index (κ1) is 21.3. The lowest BCUT2D eigenvalue weighted by atomic mass is 10.0. The third-order valence-corrected chi connectivity index (χ3v) is 6.45. The molecule has 0 saturated carbocycles. The molecule has 2 aliphatic rings. The Kier molecular flexibility index (Phi) is 5.13. The number of hydrogen-bond acceptors (Lipinski definition) is 8. The van der Waals surface area contributed by atoms with Gasteiger partial charge in [0.05, 0.1) is 18.3 Å². The van der Waals surface area contributed by atoms with Crippen molar-refractivity contribution >= 4 is 28.8 Å². The molecule has 0 aromatic carbocycles. The zero-order valence-corrected chi connectivity index (χ0v) is 19.6. The summed E-state index contributed by atoms with van der Waals surface area (Å²) >= 11 is 6.25. The molecule has 6 rings (SSSR count). The van der Waals surface area contributed by atoms with Crippen molar-refractivity contribution in [3.8, 4) is 16.9 Å². The summed E-state index contributed by atoms with van der Waals surface area (Å²) in [6.07, 6.45) is 4.55. The van der Waals surface area contributed by atoms with Gasteiger partial charge in [-0.1, -0.05) is 11.6 Å². The largest absolute Gasteiger partial charge is 0.488 e. The van der Waals surface area contributed by atoms with E-state index in [-0.39, 0.29) is 5.60 Å². The smallest absolute Gasteiger partial charge is 0.154 e. The highest BCUT2D eigenvalue weighted by atomic mass is 35.5. The topological polar surface area (TPSA) is 98.5 Å². The molecule has 4 aromatic heterocycles. The van der Waals surface area contributed by atoms with Crippen LogP contribution in [0.15, 0.2) is 42.7 Å². The molecule has 2 saturated heterocycles. The molecule has 34 heavy (non-hydrogen) atoms. The molecule has 2 bridgehead atoms. The lowest BCUT2D eigenvalue weighted by Crippen LogP contribution is -2.43. The van der Waals surface area contributed by atoms with Crippen molar-refractivity contribution in [2.45, 2.75) is 31.9 Å². The number of halogens is 1. The summed E-state index contributed by atoms with van der Waals surface area (Å²) in [5.74, 6) is 2.79. The number of hydrogen-bond donors (Lipinski definition) is 2. The Morgan fingerprint density at radius 1 is 1.24 bits per heavy atom. The highest BCUT2D eigenvalue weighted by Crippen LogP contribution is 2.36. The van der Waals surface area contributed by atoms with Crippen LogP contribution in [-0.2, 0) is 4.74 Å². The highest BCUT2D eigenvalue weighted by molar-refractivity contribution is 6.29. The minimum atomic E-state index is -0.269. The molecule has 0 spiro atoms. The van der Waals surface area contributed by atoms with E-state index in [2.05, 4.69) is 30.7 Å². The zero-order chi connectivity index (χ0) is 23.3. The number of nitrogens with zero attached hydrogens (tertiary/aromatic N) is 5. The van der Waals surface area contributed by atoms with E-state index in [9.17, 15) is 0 Å². The summed E-state index contributed by atoms with van der Waals surface area (Å²) in [5, 5.41) is 11.7. The van der Waals surface area contributed by atoms with Crippen LogP contribution in [0.5, 0.6) is 5.75 Å². The fourth-order valence-electron chi connectivity index (χ4n) is 4.68. The molecule has 2 fully saturated rings. The van der Waals surface area contributed by atoms with Gasteiger partial charge >= 0.3 is 0 Å². The number of pyridine rings is 2. The van der Waals surface area contributed by atoms with Crippen LogP contribution in [0.4, 0.5) is 11.6 Å².